The molecule has 11 N–H and O–H groups in total. The van der Waals surface area contributed by atoms with Crippen LogP contribution < -0.4 is 53.6 Å². The number of para-hydroxylation sites is 1. The van der Waals surface area contributed by atoms with Crippen LogP contribution in [0.1, 0.15) is 133 Å². The SMILES string of the molecule is C.COc1cccc(-c2cc(F)ccc2[C@H]2Cc3nc(N)nc(C)c3C(NOCCCO)=N2)n1.COc1cccc(B2OCCN(c3ccccc3)CCO2)n1.Cc1nc(N)nc2c1C(NOCCCO)=N[C@@H](c1ccc(F)cc1Br)C2.Cc1nc(N)nc2c1C(NOCCCO[Si](C)(C)C(C)(C)C)=N[C@@H](c1ccc(F)cc1Br)C2. The quantitative estimate of drug-likeness (QED) is 0.0177. The molecule has 13 rings (SSSR count). The van der Waals surface area contributed by atoms with Crippen LogP contribution in [0.5, 0.6) is 11.8 Å². The molecule has 0 bridgehead atoms. The Balaban J connectivity index is 0.000000177. The third kappa shape index (κ3) is 24.2. The number of nitrogens with two attached hydrogens (primary N) is 3. The van der Waals surface area contributed by atoms with Crippen molar-refractivity contribution >= 4 is 93.9 Å². The maximum Gasteiger partial charge on any atom is 0.513 e. The van der Waals surface area contributed by atoms with E-state index < -0.39 is 21.5 Å². The Bertz CT molecular complexity index is 4850. The van der Waals surface area contributed by atoms with Gasteiger partial charge in [-0.2, -0.15) is 0 Å². The smallest absolute Gasteiger partial charge is 0.481 e. The van der Waals surface area contributed by atoms with Crippen molar-refractivity contribution in [3.63, 3.8) is 0 Å². The number of nitrogen functional groups attached to an aromatic ring is 3. The maximum absolute atomic E-state index is 14.3. The molecule has 9 heterocycles. The second-order valence-electron chi connectivity index (χ2n) is 28.2. The molecule has 0 amide bonds. The normalized spacial score (nSPS) is 15.7. The molecule has 4 aliphatic rings. The first-order valence-corrected chi connectivity index (χ1v) is 41.6. The molecule has 0 saturated carbocycles. The third-order valence-electron chi connectivity index (χ3n) is 19.1. The van der Waals surface area contributed by atoms with E-state index in [0.29, 0.717) is 144 Å². The first-order valence-electron chi connectivity index (χ1n) is 37.1. The fourth-order valence-electron chi connectivity index (χ4n) is 12.5. The molecule has 4 aliphatic heterocycles. The lowest BCUT2D eigenvalue weighted by atomic mass is 9.83. The number of hydrogen-bond donors (Lipinski definition) is 8. The summed E-state index contributed by atoms with van der Waals surface area (Å²) in [7, 11) is 0.921. The number of anilines is 4. The fraction of sp³-hybridized carbons (Fsp3) is 0.388. The van der Waals surface area contributed by atoms with Crippen LogP contribution in [-0.2, 0) is 47.5 Å². The number of aliphatic imine (C=N–C) groups is 3. The van der Waals surface area contributed by atoms with Gasteiger partial charge >= 0.3 is 7.12 Å². The molecule has 4 aromatic carbocycles. The maximum atomic E-state index is 14.3. The monoisotopic (exact) mass is 1730 g/mol. The van der Waals surface area contributed by atoms with E-state index >= 15 is 0 Å². The Morgan fingerprint density at radius 3 is 1.38 bits per heavy atom. The van der Waals surface area contributed by atoms with Crippen LogP contribution in [0.3, 0.4) is 0 Å². The largest absolute Gasteiger partial charge is 0.513 e. The minimum Gasteiger partial charge on any atom is -0.481 e. The van der Waals surface area contributed by atoms with Crippen LogP contribution in [-0.4, -0.2) is 163 Å². The van der Waals surface area contributed by atoms with E-state index in [1.165, 1.54) is 49.2 Å². The number of aromatic nitrogens is 8. The number of nitrogens with zero attached hydrogens (tertiary/aromatic N) is 12. The molecule has 28 nitrogen and oxygen atoms in total. The Morgan fingerprint density at radius 2 is 0.948 bits per heavy atom. The number of hydrogen-bond acceptors (Lipinski definition) is 28. The van der Waals surface area contributed by atoms with Gasteiger partial charge in [-0.15, -0.1) is 0 Å². The lowest BCUT2D eigenvalue weighted by Crippen LogP contribution is -2.45. The minimum absolute atomic E-state index is 0. The van der Waals surface area contributed by atoms with E-state index in [1.54, 1.807) is 43.5 Å². The van der Waals surface area contributed by atoms with Gasteiger partial charge in [0.25, 0.3) is 0 Å². The van der Waals surface area contributed by atoms with Crippen molar-refractivity contribution in [2.75, 3.05) is 102 Å². The number of ether oxygens (including phenoxy) is 2. The van der Waals surface area contributed by atoms with Gasteiger partial charge in [-0.25, -0.2) is 69.5 Å². The van der Waals surface area contributed by atoms with E-state index in [1.807, 2.05) is 57.2 Å². The highest BCUT2D eigenvalue weighted by Gasteiger charge is 2.38. The summed E-state index contributed by atoms with van der Waals surface area (Å²) < 4.78 is 70.8. The zero-order chi connectivity index (χ0) is 81.6. The zero-order valence-corrected chi connectivity index (χ0v) is 69.5. The van der Waals surface area contributed by atoms with Gasteiger partial charge in [0.15, 0.2) is 25.8 Å². The number of hydroxylamine groups is 3. The summed E-state index contributed by atoms with van der Waals surface area (Å²) in [6.45, 7) is 21.3. The number of methoxy groups -OCH3 is 2. The van der Waals surface area contributed by atoms with Crippen LogP contribution in [0.25, 0.3) is 11.3 Å². The molecule has 1 saturated heterocycles. The Hall–Kier alpha value is -9.66. The van der Waals surface area contributed by atoms with Crippen LogP contribution in [0.15, 0.2) is 145 Å². The molecule has 0 aliphatic carbocycles. The summed E-state index contributed by atoms with van der Waals surface area (Å²) in [5.41, 5.74) is 38.5. The van der Waals surface area contributed by atoms with Crippen molar-refractivity contribution in [2.45, 2.75) is 124 Å². The van der Waals surface area contributed by atoms with Gasteiger partial charge in [0.2, 0.25) is 29.6 Å². The highest BCUT2D eigenvalue weighted by Crippen LogP contribution is 2.40. The molecule has 5 aromatic heterocycles. The number of aryl methyl sites for hydroxylation is 3. The molecular formula is C80H100BBr2F3N18O10Si. The predicted molar refractivity (Wildman–Crippen MR) is 449 cm³/mol. The zero-order valence-electron chi connectivity index (χ0n) is 65.3. The number of nitrogens with one attached hydrogen (secondary N) is 3. The van der Waals surface area contributed by atoms with Gasteiger partial charge in [0.05, 0.1) is 114 Å². The average molecular weight is 1730 g/mol. The molecule has 115 heavy (non-hydrogen) atoms. The molecule has 35 heteroatoms. The lowest BCUT2D eigenvalue weighted by molar-refractivity contribution is 0.0720. The molecule has 0 radical (unpaired) electrons. The van der Waals surface area contributed by atoms with Gasteiger partial charge in [-0.1, -0.05) is 109 Å². The van der Waals surface area contributed by atoms with E-state index in [2.05, 4.69) is 139 Å². The number of benzene rings is 4. The molecule has 0 unspecified atom stereocenters. The summed E-state index contributed by atoms with van der Waals surface area (Å²) in [6.07, 6.45) is 3.19. The highest BCUT2D eigenvalue weighted by atomic mass is 79.9. The van der Waals surface area contributed by atoms with E-state index in [0.717, 1.165) is 70.0 Å². The van der Waals surface area contributed by atoms with Gasteiger partial charge in [0, 0.05) is 97.7 Å². The van der Waals surface area contributed by atoms with Crippen molar-refractivity contribution in [3.8, 4) is 23.0 Å². The van der Waals surface area contributed by atoms with Crippen molar-refractivity contribution < 1.29 is 61.1 Å². The van der Waals surface area contributed by atoms with Gasteiger partial charge in [-0.3, -0.25) is 29.5 Å². The van der Waals surface area contributed by atoms with Crippen LogP contribution in [0.4, 0.5) is 36.7 Å². The first-order chi connectivity index (χ1) is 54.7. The molecular weight excluding hydrogens is 1630 g/mol. The number of pyridine rings is 2. The first kappa shape index (κ1) is 89.3. The van der Waals surface area contributed by atoms with Crippen LogP contribution in [0, 0.1) is 38.2 Å². The van der Waals surface area contributed by atoms with E-state index in [-0.39, 0.29) is 73.1 Å². The van der Waals surface area contributed by atoms with Crippen LogP contribution in [0.2, 0.25) is 18.1 Å². The second kappa shape index (κ2) is 42.3. The van der Waals surface area contributed by atoms with Crippen molar-refractivity contribution in [1.29, 1.82) is 0 Å². The van der Waals surface area contributed by atoms with Crippen molar-refractivity contribution in [2.24, 2.45) is 15.0 Å². The van der Waals surface area contributed by atoms with E-state index in [9.17, 15) is 13.2 Å². The van der Waals surface area contributed by atoms with Gasteiger partial charge in [0.1, 0.15) is 17.5 Å². The number of rotatable bonds is 22. The molecule has 612 valence electrons. The Labute approximate surface area is 686 Å². The number of fused-ring (bicyclic) bond motifs is 3. The molecule has 1 fully saturated rings. The highest BCUT2D eigenvalue weighted by molar-refractivity contribution is 9.10. The standard InChI is InChI=1S/C23H33BrFN5O2Si.C23H25FN6O3.C17H19BrFN5O2.C16H19BN2O3.CH4/c1-14-20-19(29-22(26)27-14)13-18(16-9-8-15(25)12-17(16)24)28-21(20)30-31-10-7-11-32-33(5,6)23(2,3)4;1-13-21-19(29-23(25)26-13)12-18(28-22(21)30-33-10-4-9-31)15-8-7-14(24)11-16(15)17-5-3-6-20(27-17)32-2;1-9-15-14(23-17(20)21-9)8-13(11-4-3-10(19)7-12(11)18)22-16(15)24-26-6-2-5-25;1-20-16-9-5-8-15(18-16)17-21-12-10-19(11-13-22-17)14-6-3-2-4-7-14;/h8-9,12,18H,7,10-11,13H2,1-6H3,(H,28,30)(H2,26,27,29);3,5-8,11,18,31H,4,9-10,12H2,1-2H3,(H,28,30)(H2,25,26,29);3-4,7,13,25H,2,5-6,8H2,1H3,(H,22,24)(H2,20,21,23);2-9H,10-13H2,1H3;1H4/t2*18-;13-;;/m111../s1. The molecule has 0 spiro atoms. The van der Waals surface area contributed by atoms with E-state index in [4.69, 9.17) is 80.1 Å². The fourth-order valence-corrected chi connectivity index (χ4v) is 14.8. The molecule has 9 aromatic rings. The summed E-state index contributed by atoms with van der Waals surface area (Å²) >= 11 is 6.85. The summed E-state index contributed by atoms with van der Waals surface area (Å²) in [4.78, 5) is 68.1. The topological polar surface area (TPSA) is 372 Å². The number of aliphatic hydroxyl groups excluding tert-OH is 2. The summed E-state index contributed by atoms with van der Waals surface area (Å²) in [5, 5.41) is 18.1. The lowest BCUT2D eigenvalue weighted by Gasteiger charge is -2.36. The third-order valence-corrected chi connectivity index (χ3v) is 25.0. The summed E-state index contributed by atoms with van der Waals surface area (Å²) in [5.74, 6) is 2.04. The predicted octanol–water partition coefficient (Wildman–Crippen LogP) is 12.0. The summed E-state index contributed by atoms with van der Waals surface area (Å²) in [6, 6.07) is 33.9. The Morgan fingerprint density at radius 1 is 0.530 bits per heavy atom. The Kier molecular flexibility index (Phi) is 32.8. The number of halogens is 5. The second-order valence-corrected chi connectivity index (χ2v) is 34.7. The minimum atomic E-state index is -1.77. The van der Waals surface area contributed by atoms with Crippen molar-refractivity contribution in [1.82, 2.24) is 56.3 Å². The number of amidine groups is 3. The van der Waals surface area contributed by atoms with Gasteiger partial charge < -0.3 is 55.5 Å². The van der Waals surface area contributed by atoms with Crippen LogP contribution >= 0.6 is 31.9 Å². The molecule has 3 atom stereocenters. The van der Waals surface area contributed by atoms with Gasteiger partial charge in [-0.05, 0) is 136 Å². The average Bonchev–Trinajstić information content (AvgIpc) is 0.773. The van der Waals surface area contributed by atoms with Crippen molar-refractivity contribution in [3.05, 3.63) is 215 Å². The number of aliphatic hydroxyl groups is 2.